The van der Waals surface area contributed by atoms with Crippen LogP contribution >= 0.6 is 0 Å². The van der Waals surface area contributed by atoms with Crippen molar-refractivity contribution >= 4 is 11.7 Å². The first kappa shape index (κ1) is 17.5. The van der Waals surface area contributed by atoms with Crippen LogP contribution < -0.4 is 14.8 Å². The summed E-state index contributed by atoms with van der Waals surface area (Å²) in [6.07, 6.45) is 7.61. The minimum atomic E-state index is -0.488. The molecule has 1 saturated carbocycles. The Morgan fingerprint density at radius 2 is 2.00 bits per heavy atom. The molecule has 1 saturated heterocycles. The quantitative estimate of drug-likeness (QED) is 0.876. The van der Waals surface area contributed by atoms with Gasteiger partial charge in [0.25, 0.3) is 5.79 Å². The van der Waals surface area contributed by atoms with Crippen LogP contribution in [0.3, 0.4) is 0 Å². The number of nitrogens with zero attached hydrogens (tertiary/aromatic N) is 1. The molecular weight excluding hydrogens is 332 g/mol. The van der Waals surface area contributed by atoms with Gasteiger partial charge in [0.1, 0.15) is 0 Å². The second-order valence-corrected chi connectivity index (χ2v) is 7.44. The second-order valence-electron chi connectivity index (χ2n) is 7.44. The molecule has 26 heavy (non-hydrogen) atoms. The maximum absolute atomic E-state index is 12.6. The minimum Gasteiger partial charge on any atom is -0.448 e. The number of rotatable bonds is 4. The maximum Gasteiger partial charge on any atom is 0.321 e. The summed E-state index contributed by atoms with van der Waals surface area (Å²) in [7, 11) is 0. The largest absolute Gasteiger partial charge is 0.448 e. The monoisotopic (exact) mass is 360 g/mol. The Morgan fingerprint density at radius 1 is 1.19 bits per heavy atom. The number of ether oxygens (including phenoxy) is 3. The molecule has 6 heteroatoms. The zero-order chi connectivity index (χ0) is 18.0. The van der Waals surface area contributed by atoms with Gasteiger partial charge >= 0.3 is 6.03 Å². The highest BCUT2D eigenvalue weighted by Gasteiger charge is 2.42. The maximum atomic E-state index is 12.6. The minimum absolute atomic E-state index is 0.103. The zero-order valence-electron chi connectivity index (χ0n) is 15.5. The van der Waals surface area contributed by atoms with Gasteiger partial charge in [0.15, 0.2) is 11.5 Å². The number of hydrogen-bond acceptors (Lipinski definition) is 4. The predicted molar refractivity (Wildman–Crippen MR) is 98.8 cm³/mol. The molecule has 2 aliphatic heterocycles. The Bertz CT molecular complexity index is 651. The number of benzene rings is 1. The summed E-state index contributed by atoms with van der Waals surface area (Å²) in [6, 6.07) is 5.54. The molecule has 1 spiro atoms. The molecule has 1 atom stereocenters. The standard InChI is InChI=1S/C20H28N2O4/c1-2-22(14-16-7-6-12-24-16)19(23)21-15-8-9-17-18(13-15)26-20(25-17)10-4-3-5-11-20/h8-9,13,16H,2-7,10-12,14H2,1H3,(H,21,23)/t16-/m0/s1. The van der Waals surface area contributed by atoms with Gasteiger partial charge < -0.3 is 24.4 Å². The third kappa shape index (κ3) is 3.61. The van der Waals surface area contributed by atoms with E-state index < -0.39 is 5.79 Å². The Morgan fingerprint density at radius 3 is 2.73 bits per heavy atom. The Labute approximate surface area is 154 Å². The van der Waals surface area contributed by atoms with E-state index in [1.807, 2.05) is 25.1 Å². The Hall–Kier alpha value is -1.95. The molecule has 1 aliphatic carbocycles. The molecule has 1 aromatic rings. The molecule has 1 aromatic carbocycles. The number of carbonyl (C=O) groups is 1. The number of anilines is 1. The van der Waals surface area contributed by atoms with Crippen molar-refractivity contribution < 1.29 is 19.0 Å². The molecule has 3 aliphatic rings. The van der Waals surface area contributed by atoms with Gasteiger partial charge in [-0.25, -0.2) is 4.79 Å². The van der Waals surface area contributed by atoms with Crippen molar-refractivity contribution in [2.75, 3.05) is 25.0 Å². The third-order valence-electron chi connectivity index (χ3n) is 5.52. The SMILES string of the molecule is CCN(C[C@@H]1CCCO1)C(=O)Nc1ccc2c(c1)OC1(CCCCC1)O2. The summed E-state index contributed by atoms with van der Waals surface area (Å²) in [5.74, 6) is 1.02. The van der Waals surface area contributed by atoms with Gasteiger partial charge in [0, 0.05) is 44.3 Å². The molecule has 142 valence electrons. The average Bonchev–Trinajstić information content (AvgIpc) is 3.27. The lowest BCUT2D eigenvalue weighted by Gasteiger charge is -2.31. The molecule has 2 heterocycles. The van der Waals surface area contributed by atoms with Gasteiger partial charge in [-0.3, -0.25) is 0 Å². The van der Waals surface area contributed by atoms with E-state index in [0.29, 0.717) is 13.1 Å². The highest BCUT2D eigenvalue weighted by atomic mass is 16.7. The number of fused-ring (bicyclic) bond motifs is 1. The lowest BCUT2D eigenvalue weighted by molar-refractivity contribution is -0.105. The van der Waals surface area contributed by atoms with Crippen LogP contribution in [0.5, 0.6) is 11.5 Å². The molecule has 0 bridgehead atoms. The van der Waals surface area contributed by atoms with Crippen molar-refractivity contribution in [1.29, 1.82) is 0 Å². The molecule has 0 aromatic heterocycles. The van der Waals surface area contributed by atoms with Gasteiger partial charge in [-0.05, 0) is 44.7 Å². The molecule has 1 N–H and O–H groups in total. The van der Waals surface area contributed by atoms with E-state index in [1.165, 1.54) is 6.42 Å². The summed E-state index contributed by atoms with van der Waals surface area (Å²) >= 11 is 0. The smallest absolute Gasteiger partial charge is 0.321 e. The van der Waals surface area contributed by atoms with Crippen molar-refractivity contribution in [3.63, 3.8) is 0 Å². The van der Waals surface area contributed by atoms with E-state index in [2.05, 4.69) is 5.32 Å². The lowest BCUT2D eigenvalue weighted by Crippen LogP contribution is -2.40. The molecule has 0 radical (unpaired) electrons. The summed E-state index contributed by atoms with van der Waals surface area (Å²) in [6.45, 7) is 4.07. The van der Waals surface area contributed by atoms with Crippen molar-refractivity contribution in [2.24, 2.45) is 0 Å². The fraction of sp³-hybridized carbons (Fsp3) is 0.650. The fourth-order valence-electron chi connectivity index (χ4n) is 4.06. The van der Waals surface area contributed by atoms with Gasteiger partial charge in [-0.2, -0.15) is 0 Å². The molecule has 4 rings (SSSR count). The lowest BCUT2D eigenvalue weighted by atomic mass is 9.94. The van der Waals surface area contributed by atoms with Gasteiger partial charge in [-0.1, -0.05) is 6.42 Å². The first-order chi connectivity index (χ1) is 12.7. The second kappa shape index (κ2) is 7.35. The number of likely N-dealkylation sites (N-methyl/N-ethyl adjacent to an activating group) is 1. The van der Waals surface area contributed by atoms with E-state index in [-0.39, 0.29) is 12.1 Å². The van der Waals surface area contributed by atoms with Gasteiger partial charge in [-0.15, -0.1) is 0 Å². The predicted octanol–water partition coefficient (Wildman–Crippen LogP) is 4.15. The normalized spacial score (nSPS) is 23.2. The van der Waals surface area contributed by atoms with E-state index >= 15 is 0 Å². The Balaban J connectivity index is 1.39. The van der Waals surface area contributed by atoms with Crippen LogP contribution in [0.1, 0.15) is 51.9 Å². The molecule has 2 fully saturated rings. The van der Waals surface area contributed by atoms with E-state index in [0.717, 1.165) is 62.3 Å². The first-order valence-electron chi connectivity index (χ1n) is 9.87. The van der Waals surface area contributed by atoms with Crippen LogP contribution in [0.4, 0.5) is 10.5 Å². The van der Waals surface area contributed by atoms with E-state index in [9.17, 15) is 4.79 Å². The van der Waals surface area contributed by atoms with Crippen LogP contribution in [0.2, 0.25) is 0 Å². The highest BCUT2D eigenvalue weighted by molar-refractivity contribution is 5.89. The molecular formula is C20H28N2O4. The fourth-order valence-corrected chi connectivity index (χ4v) is 4.06. The topological polar surface area (TPSA) is 60.0 Å². The molecule has 6 nitrogen and oxygen atoms in total. The number of hydrogen-bond donors (Lipinski definition) is 1. The van der Waals surface area contributed by atoms with Crippen molar-refractivity contribution in [2.45, 2.75) is 63.8 Å². The third-order valence-corrected chi connectivity index (χ3v) is 5.52. The van der Waals surface area contributed by atoms with Gasteiger partial charge in [0.05, 0.1) is 6.10 Å². The number of nitrogens with one attached hydrogen (secondary N) is 1. The summed E-state index contributed by atoms with van der Waals surface area (Å²) < 4.78 is 17.9. The molecule has 0 unspecified atom stereocenters. The van der Waals surface area contributed by atoms with Crippen molar-refractivity contribution in [3.8, 4) is 11.5 Å². The summed E-state index contributed by atoms with van der Waals surface area (Å²) in [5, 5.41) is 2.98. The van der Waals surface area contributed by atoms with E-state index in [4.69, 9.17) is 14.2 Å². The average molecular weight is 360 g/mol. The number of carbonyl (C=O) groups excluding carboxylic acids is 1. The van der Waals surface area contributed by atoms with E-state index in [1.54, 1.807) is 4.90 Å². The zero-order valence-corrected chi connectivity index (χ0v) is 15.5. The van der Waals surface area contributed by atoms with Crippen LogP contribution in [0.25, 0.3) is 0 Å². The van der Waals surface area contributed by atoms with Crippen LogP contribution in [-0.4, -0.2) is 42.5 Å². The Kier molecular flexibility index (Phi) is 4.94. The highest BCUT2D eigenvalue weighted by Crippen LogP contribution is 2.46. The first-order valence-corrected chi connectivity index (χ1v) is 9.87. The number of urea groups is 1. The summed E-state index contributed by atoms with van der Waals surface area (Å²) in [5.41, 5.74) is 0.732. The van der Waals surface area contributed by atoms with Crippen LogP contribution in [0, 0.1) is 0 Å². The van der Waals surface area contributed by atoms with Crippen molar-refractivity contribution in [3.05, 3.63) is 18.2 Å². The van der Waals surface area contributed by atoms with Crippen molar-refractivity contribution in [1.82, 2.24) is 4.90 Å². The molecule has 2 amide bonds. The summed E-state index contributed by atoms with van der Waals surface area (Å²) in [4.78, 5) is 14.4. The van der Waals surface area contributed by atoms with Crippen LogP contribution in [-0.2, 0) is 4.74 Å². The number of amides is 2. The van der Waals surface area contributed by atoms with Crippen LogP contribution in [0.15, 0.2) is 18.2 Å². The van der Waals surface area contributed by atoms with Gasteiger partial charge in [0.2, 0.25) is 0 Å².